The Morgan fingerprint density at radius 3 is 2.37 bits per heavy atom. The molecule has 0 saturated heterocycles. The average molecular weight is 504 g/mol. The van der Waals surface area contributed by atoms with Crippen LogP contribution in [0.4, 0.5) is 23.7 Å². The van der Waals surface area contributed by atoms with Gasteiger partial charge in [0.05, 0.1) is 28.3 Å². The fourth-order valence-electron chi connectivity index (χ4n) is 3.64. The Kier molecular flexibility index (Phi) is 6.27. The van der Waals surface area contributed by atoms with E-state index in [0.717, 1.165) is 21.7 Å². The van der Waals surface area contributed by atoms with Crippen molar-refractivity contribution in [1.82, 2.24) is 9.78 Å². The van der Waals surface area contributed by atoms with E-state index in [2.05, 4.69) is 5.10 Å². The molecule has 4 aromatic rings. The van der Waals surface area contributed by atoms with Crippen molar-refractivity contribution in [2.24, 2.45) is 0 Å². The number of fused-ring (bicyclic) bond motifs is 1. The lowest BCUT2D eigenvalue weighted by Gasteiger charge is -2.15. The number of carbonyl (C=O) groups excluding carboxylic acids is 1. The van der Waals surface area contributed by atoms with Crippen LogP contribution in [-0.4, -0.2) is 39.0 Å². The van der Waals surface area contributed by atoms with Crippen LogP contribution >= 0.6 is 11.6 Å². The summed E-state index contributed by atoms with van der Waals surface area (Å²) in [5.41, 5.74) is -0.274. The summed E-state index contributed by atoms with van der Waals surface area (Å²) >= 11 is 6.04. The van der Waals surface area contributed by atoms with Crippen LogP contribution in [0.5, 0.6) is 0 Å². The molecule has 2 N–H and O–H groups in total. The van der Waals surface area contributed by atoms with Gasteiger partial charge in [-0.3, -0.25) is 9.69 Å². The molecule has 0 radical (unpaired) electrons. The van der Waals surface area contributed by atoms with E-state index in [1.165, 1.54) is 31.3 Å². The summed E-state index contributed by atoms with van der Waals surface area (Å²) in [5.74, 6) is -1.12. The first-order valence-electron chi connectivity index (χ1n) is 10.1. The topological polar surface area (TPSA) is 95.7 Å². The van der Waals surface area contributed by atoms with Gasteiger partial charge < -0.3 is 10.2 Å². The summed E-state index contributed by atoms with van der Waals surface area (Å²) in [7, 11) is 1.29. The maximum atomic E-state index is 13.7. The third kappa shape index (κ3) is 4.45. The summed E-state index contributed by atoms with van der Waals surface area (Å²) in [6.45, 7) is -0.189. The first kappa shape index (κ1) is 24.2. The second-order valence-corrected chi connectivity index (χ2v) is 8.03. The van der Waals surface area contributed by atoms with Gasteiger partial charge in [-0.25, -0.2) is 4.79 Å². The van der Waals surface area contributed by atoms with E-state index in [4.69, 9.17) is 11.6 Å². The van der Waals surface area contributed by atoms with E-state index in [9.17, 15) is 33.0 Å². The molecule has 1 amide bonds. The van der Waals surface area contributed by atoms with Crippen LogP contribution in [0.3, 0.4) is 0 Å². The minimum Gasteiger partial charge on any atom is -0.465 e. The van der Waals surface area contributed by atoms with Gasteiger partial charge in [0, 0.05) is 23.7 Å². The number of aliphatic hydroxyl groups is 1. The number of carboxylic acid groups (broad SMARTS) is 1. The number of benzene rings is 3. The number of hydrogen-bond acceptors (Lipinski definition) is 4. The Labute approximate surface area is 201 Å². The van der Waals surface area contributed by atoms with Crippen molar-refractivity contribution in [2.75, 3.05) is 11.9 Å². The molecule has 0 aliphatic carbocycles. The molecule has 1 heterocycles. The molecule has 0 unspecified atom stereocenters. The van der Waals surface area contributed by atoms with E-state index in [-0.39, 0.29) is 23.5 Å². The summed E-state index contributed by atoms with van der Waals surface area (Å²) in [4.78, 5) is 25.8. The molecule has 3 aromatic carbocycles. The number of aliphatic hydroxyl groups excluding tert-OH is 1. The predicted molar refractivity (Wildman–Crippen MR) is 124 cm³/mol. The van der Waals surface area contributed by atoms with Crippen molar-refractivity contribution in [3.63, 3.8) is 0 Å². The van der Waals surface area contributed by atoms with Crippen molar-refractivity contribution in [3.8, 4) is 11.3 Å². The summed E-state index contributed by atoms with van der Waals surface area (Å²) in [5, 5.41) is 22.9. The number of alkyl halides is 3. The summed E-state index contributed by atoms with van der Waals surface area (Å²) in [6, 6.07) is 14.0. The summed E-state index contributed by atoms with van der Waals surface area (Å²) in [6.07, 6.45) is -6.12. The zero-order valence-electron chi connectivity index (χ0n) is 18.0. The van der Waals surface area contributed by atoms with Gasteiger partial charge >= 0.3 is 12.3 Å². The average Bonchev–Trinajstić information content (AvgIpc) is 3.21. The molecule has 0 aliphatic rings. The molecule has 180 valence electrons. The Morgan fingerprint density at radius 2 is 1.77 bits per heavy atom. The van der Waals surface area contributed by atoms with E-state index in [1.54, 1.807) is 24.3 Å². The smallest absolute Gasteiger partial charge is 0.417 e. The minimum atomic E-state index is -4.85. The highest BCUT2D eigenvalue weighted by atomic mass is 35.5. The van der Waals surface area contributed by atoms with E-state index < -0.39 is 34.3 Å². The first-order valence-corrected chi connectivity index (χ1v) is 10.5. The number of rotatable bonds is 4. The first-order chi connectivity index (χ1) is 16.5. The highest BCUT2D eigenvalue weighted by molar-refractivity contribution is 6.34. The third-order valence-electron chi connectivity index (χ3n) is 5.47. The highest BCUT2D eigenvalue weighted by Crippen LogP contribution is 2.37. The SMILES string of the molecule is CN(C(=O)O)c1ccc2c(-c3ccc(CO)cc3)nn(C(=O)c3c(Cl)cccc3C(F)(F)F)c2c1. The van der Waals surface area contributed by atoms with Crippen molar-refractivity contribution in [1.29, 1.82) is 0 Å². The van der Waals surface area contributed by atoms with Crippen molar-refractivity contribution < 1.29 is 33.0 Å². The number of nitrogens with zero attached hydrogens (tertiary/aromatic N) is 3. The maximum Gasteiger partial charge on any atom is 0.417 e. The molecular formula is C24H17ClF3N3O4. The molecule has 0 saturated carbocycles. The van der Waals surface area contributed by atoms with Gasteiger partial charge in [-0.15, -0.1) is 0 Å². The lowest BCUT2D eigenvalue weighted by atomic mass is 10.0. The van der Waals surface area contributed by atoms with Crippen LogP contribution in [0.15, 0.2) is 60.7 Å². The predicted octanol–water partition coefficient (Wildman–Crippen LogP) is 5.67. The molecule has 0 spiro atoms. The normalized spacial score (nSPS) is 11.6. The molecule has 11 heteroatoms. The fraction of sp³-hybridized carbons (Fsp3) is 0.125. The molecule has 1 aromatic heterocycles. The lowest BCUT2D eigenvalue weighted by molar-refractivity contribution is -0.137. The van der Waals surface area contributed by atoms with Crippen LogP contribution < -0.4 is 4.90 Å². The monoisotopic (exact) mass is 503 g/mol. The molecule has 0 bridgehead atoms. The van der Waals surface area contributed by atoms with Crippen molar-refractivity contribution in [2.45, 2.75) is 12.8 Å². The molecule has 35 heavy (non-hydrogen) atoms. The van der Waals surface area contributed by atoms with Gasteiger partial charge in [-0.1, -0.05) is 41.9 Å². The Balaban J connectivity index is 1.99. The Hall–Kier alpha value is -3.89. The number of aromatic nitrogens is 2. The number of hydrogen-bond donors (Lipinski definition) is 2. The second kappa shape index (κ2) is 9.05. The van der Waals surface area contributed by atoms with Crippen molar-refractivity contribution >= 4 is 40.2 Å². The zero-order chi connectivity index (χ0) is 25.5. The minimum absolute atomic E-state index is 0.0925. The maximum absolute atomic E-state index is 13.7. The van der Waals surface area contributed by atoms with Gasteiger partial charge in [0.15, 0.2) is 0 Å². The lowest BCUT2D eigenvalue weighted by Crippen LogP contribution is -2.24. The second-order valence-electron chi connectivity index (χ2n) is 7.62. The van der Waals surface area contributed by atoms with Crippen LogP contribution in [0.25, 0.3) is 22.2 Å². The van der Waals surface area contributed by atoms with Gasteiger partial charge in [0.25, 0.3) is 5.91 Å². The van der Waals surface area contributed by atoms with Crippen LogP contribution in [0.2, 0.25) is 5.02 Å². The molecular weight excluding hydrogens is 487 g/mol. The largest absolute Gasteiger partial charge is 0.465 e. The number of halogens is 4. The third-order valence-corrected chi connectivity index (χ3v) is 5.79. The van der Waals surface area contributed by atoms with E-state index in [0.29, 0.717) is 16.5 Å². The number of carbonyl (C=O) groups is 2. The van der Waals surface area contributed by atoms with Gasteiger partial charge in [-0.2, -0.15) is 23.0 Å². The van der Waals surface area contributed by atoms with Crippen LogP contribution in [0, 0.1) is 0 Å². The molecule has 4 rings (SSSR count). The number of amides is 1. The molecule has 7 nitrogen and oxygen atoms in total. The van der Waals surface area contributed by atoms with Crippen LogP contribution in [0.1, 0.15) is 21.5 Å². The van der Waals surface area contributed by atoms with Gasteiger partial charge in [-0.05, 0) is 35.9 Å². The fourth-order valence-corrected chi connectivity index (χ4v) is 3.90. The molecule has 0 atom stereocenters. The van der Waals surface area contributed by atoms with E-state index in [1.807, 2.05) is 0 Å². The van der Waals surface area contributed by atoms with E-state index >= 15 is 0 Å². The zero-order valence-corrected chi connectivity index (χ0v) is 18.8. The quantitative estimate of drug-likeness (QED) is 0.374. The Bertz CT molecular complexity index is 1450. The van der Waals surface area contributed by atoms with Crippen molar-refractivity contribution in [3.05, 3.63) is 82.4 Å². The van der Waals surface area contributed by atoms with Crippen LogP contribution in [-0.2, 0) is 12.8 Å². The Morgan fingerprint density at radius 1 is 1.09 bits per heavy atom. The molecule has 0 fully saturated rings. The van der Waals surface area contributed by atoms with Gasteiger partial charge in [0.2, 0.25) is 0 Å². The number of anilines is 1. The summed E-state index contributed by atoms with van der Waals surface area (Å²) < 4.78 is 41.8. The highest BCUT2D eigenvalue weighted by Gasteiger charge is 2.37. The molecule has 0 aliphatic heterocycles. The standard InChI is InChI=1S/C24H17ClF3N3O4/c1-30(23(34)35)15-9-10-16-19(11-15)31(29-21(16)14-7-5-13(12-32)6-8-14)22(33)20-17(24(26,27)28)3-2-4-18(20)25/h2-11,32H,12H2,1H3,(H,34,35). The van der Waals surface area contributed by atoms with Gasteiger partial charge in [0.1, 0.15) is 5.69 Å².